The Kier molecular flexibility index (Phi) is 5.36. The lowest BCUT2D eigenvalue weighted by Gasteiger charge is -2.13. The number of nitrogen functional groups attached to an aromatic ring is 1. The molecule has 0 aliphatic rings. The maximum Gasteiger partial charge on any atom is 0.338 e. The highest BCUT2D eigenvalue weighted by atomic mass is 16.5. The Morgan fingerprint density at radius 1 is 1.17 bits per heavy atom. The van der Waals surface area contributed by atoms with Crippen molar-refractivity contribution in [3.63, 3.8) is 0 Å². The molecular formula is C18H20N2O3. The predicted octanol–water partition coefficient (Wildman–Crippen LogP) is 2.94. The normalized spacial score (nSPS) is 10.2. The number of esters is 1. The van der Waals surface area contributed by atoms with Crippen molar-refractivity contribution in [3.05, 3.63) is 59.2 Å². The molecule has 2 rings (SSSR count). The molecule has 0 unspecified atom stereocenters. The van der Waals surface area contributed by atoms with Crippen LogP contribution in [0.4, 0.5) is 11.4 Å². The molecule has 3 N–H and O–H groups in total. The van der Waals surface area contributed by atoms with Gasteiger partial charge in [-0.3, -0.25) is 4.79 Å². The van der Waals surface area contributed by atoms with E-state index in [-0.39, 0.29) is 12.5 Å². The Labute approximate surface area is 135 Å². The Balaban J connectivity index is 1.97. The van der Waals surface area contributed by atoms with Crippen molar-refractivity contribution in [2.75, 3.05) is 17.7 Å². The van der Waals surface area contributed by atoms with Crippen LogP contribution in [0.1, 0.15) is 28.4 Å². The van der Waals surface area contributed by atoms with Crippen molar-refractivity contribution in [2.24, 2.45) is 0 Å². The molecule has 120 valence electrons. The van der Waals surface area contributed by atoms with Gasteiger partial charge in [-0.2, -0.15) is 0 Å². The minimum atomic E-state index is -0.576. The maximum atomic E-state index is 12.0. The highest BCUT2D eigenvalue weighted by molar-refractivity contribution is 5.96. The molecule has 0 aromatic heterocycles. The first-order chi connectivity index (χ1) is 11.0. The number of nitrogens with two attached hydrogens (primary N) is 1. The molecule has 0 aliphatic carbocycles. The molecule has 23 heavy (non-hydrogen) atoms. The molecule has 0 bridgehead atoms. The van der Waals surface area contributed by atoms with Crippen LogP contribution in [-0.2, 0) is 16.0 Å². The van der Waals surface area contributed by atoms with Gasteiger partial charge in [-0.25, -0.2) is 4.79 Å². The number of nitrogens with one attached hydrogen (secondary N) is 1. The summed E-state index contributed by atoms with van der Waals surface area (Å²) in [6.45, 7) is 3.60. The summed E-state index contributed by atoms with van der Waals surface area (Å²) in [5.74, 6) is -0.945. The molecule has 2 aromatic carbocycles. The first kappa shape index (κ1) is 16.5. The lowest BCUT2D eigenvalue weighted by Crippen LogP contribution is -2.22. The van der Waals surface area contributed by atoms with Crippen molar-refractivity contribution in [3.8, 4) is 0 Å². The highest BCUT2D eigenvalue weighted by Crippen LogP contribution is 2.21. The third kappa shape index (κ3) is 4.32. The number of rotatable bonds is 5. The predicted molar refractivity (Wildman–Crippen MR) is 90.3 cm³/mol. The number of aryl methyl sites for hydroxylation is 2. The van der Waals surface area contributed by atoms with E-state index in [9.17, 15) is 9.59 Å². The number of ether oxygens (including phenoxy) is 1. The SMILES string of the molecule is CCc1cccc(C)c1NC(=O)COC(=O)c1cccc(N)c1. The van der Waals surface area contributed by atoms with Gasteiger partial charge in [0.1, 0.15) is 0 Å². The molecule has 0 atom stereocenters. The van der Waals surface area contributed by atoms with Gasteiger partial charge < -0.3 is 15.8 Å². The fourth-order valence-electron chi connectivity index (χ4n) is 2.26. The average molecular weight is 312 g/mol. The summed E-state index contributed by atoms with van der Waals surface area (Å²) in [6, 6.07) is 12.3. The van der Waals surface area contributed by atoms with E-state index in [4.69, 9.17) is 10.5 Å². The number of para-hydroxylation sites is 1. The number of benzene rings is 2. The second-order valence-electron chi connectivity index (χ2n) is 5.21. The zero-order valence-electron chi connectivity index (χ0n) is 13.3. The van der Waals surface area contributed by atoms with E-state index in [1.54, 1.807) is 18.2 Å². The molecule has 0 spiro atoms. The van der Waals surface area contributed by atoms with Crippen molar-refractivity contribution in [2.45, 2.75) is 20.3 Å². The Hall–Kier alpha value is -2.82. The number of hydrogen-bond acceptors (Lipinski definition) is 4. The van der Waals surface area contributed by atoms with Crippen molar-refractivity contribution in [1.82, 2.24) is 0 Å². The van der Waals surface area contributed by atoms with Crippen molar-refractivity contribution >= 4 is 23.3 Å². The van der Waals surface area contributed by atoms with Gasteiger partial charge in [0.2, 0.25) is 0 Å². The summed E-state index contributed by atoms with van der Waals surface area (Å²) >= 11 is 0. The largest absolute Gasteiger partial charge is 0.452 e. The van der Waals surface area contributed by atoms with Gasteiger partial charge in [0, 0.05) is 11.4 Å². The van der Waals surface area contributed by atoms with Crippen molar-refractivity contribution < 1.29 is 14.3 Å². The number of carbonyl (C=O) groups is 2. The van der Waals surface area contributed by atoms with Crippen molar-refractivity contribution in [1.29, 1.82) is 0 Å². The number of carbonyl (C=O) groups excluding carboxylic acids is 2. The molecule has 0 heterocycles. The zero-order chi connectivity index (χ0) is 16.8. The molecule has 5 heteroatoms. The van der Waals surface area contributed by atoms with Gasteiger partial charge in [0.25, 0.3) is 5.91 Å². The van der Waals surface area contributed by atoms with Gasteiger partial charge in [-0.05, 0) is 42.7 Å². The third-order valence-corrected chi connectivity index (χ3v) is 3.46. The van der Waals surface area contributed by atoms with Crippen LogP contribution in [0.2, 0.25) is 0 Å². The van der Waals surface area contributed by atoms with E-state index in [0.717, 1.165) is 23.2 Å². The Morgan fingerprint density at radius 2 is 1.91 bits per heavy atom. The number of anilines is 2. The second kappa shape index (κ2) is 7.45. The van der Waals surface area contributed by atoms with E-state index in [0.29, 0.717) is 11.3 Å². The maximum absolute atomic E-state index is 12.0. The number of hydrogen-bond donors (Lipinski definition) is 2. The molecule has 0 saturated heterocycles. The second-order valence-corrected chi connectivity index (χ2v) is 5.21. The monoisotopic (exact) mass is 312 g/mol. The minimum Gasteiger partial charge on any atom is -0.452 e. The fourth-order valence-corrected chi connectivity index (χ4v) is 2.26. The van der Waals surface area contributed by atoms with Gasteiger partial charge in [0.15, 0.2) is 6.61 Å². The quantitative estimate of drug-likeness (QED) is 0.657. The summed E-state index contributed by atoms with van der Waals surface area (Å²) in [6.07, 6.45) is 0.806. The first-order valence-corrected chi connectivity index (χ1v) is 7.42. The van der Waals surface area contributed by atoms with E-state index in [2.05, 4.69) is 5.32 Å². The summed E-state index contributed by atoms with van der Waals surface area (Å²) in [5, 5.41) is 2.81. The van der Waals surface area contributed by atoms with Crippen LogP contribution in [-0.4, -0.2) is 18.5 Å². The van der Waals surface area contributed by atoms with Crippen LogP contribution in [0.5, 0.6) is 0 Å². The topological polar surface area (TPSA) is 81.4 Å². The highest BCUT2D eigenvalue weighted by Gasteiger charge is 2.12. The molecule has 5 nitrogen and oxygen atoms in total. The van der Waals surface area contributed by atoms with Crippen LogP contribution < -0.4 is 11.1 Å². The smallest absolute Gasteiger partial charge is 0.338 e. The van der Waals surface area contributed by atoms with Gasteiger partial charge in [0.05, 0.1) is 5.56 Å². The summed E-state index contributed by atoms with van der Waals surface area (Å²) in [5.41, 5.74) is 9.20. The fraction of sp³-hybridized carbons (Fsp3) is 0.222. The average Bonchev–Trinajstić information content (AvgIpc) is 2.54. The zero-order valence-corrected chi connectivity index (χ0v) is 13.3. The van der Waals surface area contributed by atoms with Gasteiger partial charge in [-0.15, -0.1) is 0 Å². The number of amides is 1. The summed E-state index contributed by atoms with van der Waals surface area (Å²) in [4.78, 5) is 23.9. The van der Waals surface area contributed by atoms with E-state index in [1.807, 2.05) is 32.0 Å². The summed E-state index contributed by atoms with van der Waals surface area (Å²) < 4.78 is 5.02. The van der Waals surface area contributed by atoms with Gasteiger partial charge in [-0.1, -0.05) is 31.2 Å². The molecule has 0 saturated carbocycles. The first-order valence-electron chi connectivity index (χ1n) is 7.42. The molecule has 0 aliphatic heterocycles. The van der Waals surface area contributed by atoms with Crippen LogP contribution in [0, 0.1) is 6.92 Å². The van der Waals surface area contributed by atoms with Gasteiger partial charge >= 0.3 is 5.97 Å². The minimum absolute atomic E-state index is 0.322. The van der Waals surface area contributed by atoms with Crippen LogP contribution in [0.15, 0.2) is 42.5 Å². The molecule has 0 radical (unpaired) electrons. The lowest BCUT2D eigenvalue weighted by molar-refractivity contribution is -0.119. The van der Waals surface area contributed by atoms with Crippen LogP contribution >= 0.6 is 0 Å². The lowest BCUT2D eigenvalue weighted by atomic mass is 10.1. The summed E-state index contributed by atoms with van der Waals surface area (Å²) in [7, 11) is 0. The Bertz CT molecular complexity index is 726. The molecule has 1 amide bonds. The molecule has 0 fully saturated rings. The standard InChI is InChI=1S/C18H20N2O3/c1-3-13-7-4-6-12(2)17(13)20-16(21)11-23-18(22)14-8-5-9-15(19)10-14/h4-10H,3,11,19H2,1-2H3,(H,20,21). The van der Waals surface area contributed by atoms with E-state index >= 15 is 0 Å². The van der Waals surface area contributed by atoms with E-state index < -0.39 is 5.97 Å². The van der Waals surface area contributed by atoms with E-state index in [1.165, 1.54) is 6.07 Å². The van der Waals surface area contributed by atoms with Crippen LogP contribution in [0.3, 0.4) is 0 Å². The molecular weight excluding hydrogens is 292 g/mol. The van der Waals surface area contributed by atoms with Crippen LogP contribution in [0.25, 0.3) is 0 Å². The molecule has 2 aromatic rings. The third-order valence-electron chi connectivity index (χ3n) is 3.46. The Morgan fingerprint density at radius 3 is 2.61 bits per heavy atom.